The Labute approximate surface area is 59.1 Å². The maximum Gasteiger partial charge on any atom is 0.335 e. The molecule has 0 fully saturated rings. The van der Waals surface area contributed by atoms with E-state index in [2.05, 4.69) is 0 Å². The van der Waals surface area contributed by atoms with E-state index >= 15 is 0 Å². The summed E-state index contributed by atoms with van der Waals surface area (Å²) < 4.78 is 0. The smallest absolute Gasteiger partial charge is 0.335 e. The Morgan fingerprint density at radius 2 is 1.70 bits per heavy atom. The van der Waals surface area contributed by atoms with Crippen molar-refractivity contribution in [3.63, 3.8) is 0 Å². The highest BCUT2D eigenvalue weighted by atomic mass is 16.4. The molecule has 1 unspecified atom stereocenters. The van der Waals surface area contributed by atoms with Crippen molar-refractivity contribution in [2.75, 3.05) is 0 Å². The molecular formula is C6H12O4. The zero-order valence-electron chi connectivity index (χ0n) is 5.98. The molecule has 10 heavy (non-hydrogen) atoms. The first-order valence-corrected chi connectivity index (χ1v) is 3.05. The van der Waals surface area contributed by atoms with E-state index in [9.17, 15) is 4.79 Å². The van der Waals surface area contributed by atoms with Crippen LogP contribution in [0, 0.1) is 5.92 Å². The number of hydrogen-bond acceptors (Lipinski definition) is 3. The number of carboxylic acids is 1. The number of hydrogen-bond donors (Lipinski definition) is 3. The van der Waals surface area contributed by atoms with Crippen molar-refractivity contribution >= 4 is 5.97 Å². The average Bonchev–Trinajstić information content (AvgIpc) is 1.84. The first kappa shape index (κ1) is 9.39. The largest absolute Gasteiger partial charge is 0.479 e. The third-order valence-electron chi connectivity index (χ3n) is 1.26. The molecule has 0 aliphatic carbocycles. The van der Waals surface area contributed by atoms with Gasteiger partial charge >= 0.3 is 5.97 Å². The van der Waals surface area contributed by atoms with Gasteiger partial charge in [0.2, 0.25) is 0 Å². The summed E-state index contributed by atoms with van der Waals surface area (Å²) in [7, 11) is 0. The Bertz CT molecular complexity index is 121. The lowest BCUT2D eigenvalue weighted by Crippen LogP contribution is -2.37. The third-order valence-corrected chi connectivity index (χ3v) is 1.26. The lowest BCUT2D eigenvalue weighted by atomic mass is 10.0. The molecular weight excluding hydrogens is 136 g/mol. The number of aliphatic carboxylic acids is 1. The second kappa shape index (κ2) is 3.53. The van der Waals surface area contributed by atoms with Crippen molar-refractivity contribution < 1.29 is 20.1 Å². The molecule has 60 valence electrons. The van der Waals surface area contributed by atoms with Crippen LogP contribution >= 0.6 is 0 Å². The molecule has 2 atom stereocenters. The van der Waals surface area contributed by atoms with Crippen LogP contribution in [0.5, 0.6) is 0 Å². The highest BCUT2D eigenvalue weighted by molar-refractivity contribution is 5.72. The zero-order chi connectivity index (χ0) is 8.31. The Balaban J connectivity index is 3.94. The van der Waals surface area contributed by atoms with Gasteiger partial charge in [-0.3, -0.25) is 0 Å². The summed E-state index contributed by atoms with van der Waals surface area (Å²) in [5.41, 5.74) is 0. The van der Waals surface area contributed by atoms with Crippen LogP contribution in [0.1, 0.15) is 13.8 Å². The van der Waals surface area contributed by atoms with Gasteiger partial charge in [0.25, 0.3) is 0 Å². The van der Waals surface area contributed by atoms with Crippen molar-refractivity contribution in [3.05, 3.63) is 0 Å². The van der Waals surface area contributed by atoms with Crippen molar-refractivity contribution in [1.82, 2.24) is 0 Å². The topological polar surface area (TPSA) is 77.8 Å². The van der Waals surface area contributed by atoms with E-state index in [1.807, 2.05) is 0 Å². The van der Waals surface area contributed by atoms with E-state index in [-0.39, 0.29) is 5.92 Å². The minimum Gasteiger partial charge on any atom is -0.479 e. The van der Waals surface area contributed by atoms with Crippen molar-refractivity contribution in [2.24, 2.45) is 5.92 Å². The molecule has 0 aromatic rings. The van der Waals surface area contributed by atoms with E-state index < -0.39 is 18.2 Å². The number of aliphatic hydroxyl groups excluding tert-OH is 2. The average molecular weight is 148 g/mol. The highest BCUT2D eigenvalue weighted by Gasteiger charge is 2.25. The molecule has 4 nitrogen and oxygen atoms in total. The van der Waals surface area contributed by atoms with Gasteiger partial charge in [0, 0.05) is 0 Å². The molecule has 0 aromatic heterocycles. The van der Waals surface area contributed by atoms with Crippen LogP contribution in [0.4, 0.5) is 0 Å². The van der Waals surface area contributed by atoms with Crippen LogP contribution in [0.3, 0.4) is 0 Å². The monoisotopic (exact) mass is 148 g/mol. The van der Waals surface area contributed by atoms with Gasteiger partial charge < -0.3 is 15.3 Å². The number of carboxylic acid groups (broad SMARTS) is 1. The summed E-state index contributed by atoms with van der Waals surface area (Å²) in [4.78, 5) is 10.0. The fourth-order valence-corrected chi connectivity index (χ4v) is 0.511. The molecule has 0 aromatic carbocycles. The van der Waals surface area contributed by atoms with Crippen LogP contribution in [0.2, 0.25) is 0 Å². The SMILES string of the molecule is CC(C)C(O)[C@H](O)C(=O)O. The first-order valence-electron chi connectivity index (χ1n) is 3.05. The van der Waals surface area contributed by atoms with Crippen LogP contribution in [0.25, 0.3) is 0 Å². The van der Waals surface area contributed by atoms with Gasteiger partial charge in [-0.15, -0.1) is 0 Å². The predicted molar refractivity (Wildman–Crippen MR) is 34.5 cm³/mol. The summed E-state index contributed by atoms with van der Waals surface area (Å²) in [6.45, 7) is 3.27. The van der Waals surface area contributed by atoms with E-state index in [4.69, 9.17) is 15.3 Å². The van der Waals surface area contributed by atoms with Crippen molar-refractivity contribution in [3.8, 4) is 0 Å². The predicted octanol–water partition coefficient (Wildman–Crippen LogP) is -0.551. The minimum atomic E-state index is -1.67. The van der Waals surface area contributed by atoms with Crippen molar-refractivity contribution in [1.29, 1.82) is 0 Å². The summed E-state index contributed by atoms with van der Waals surface area (Å²) >= 11 is 0. The number of carbonyl (C=O) groups is 1. The summed E-state index contributed by atoms with van der Waals surface area (Å²) in [6.07, 6.45) is -2.85. The first-order chi connectivity index (χ1) is 4.46. The second-order valence-corrected chi connectivity index (χ2v) is 2.52. The summed E-state index contributed by atoms with van der Waals surface area (Å²) in [5, 5.41) is 25.8. The summed E-state index contributed by atoms with van der Waals surface area (Å²) in [6, 6.07) is 0. The second-order valence-electron chi connectivity index (χ2n) is 2.52. The molecule has 0 aliphatic heterocycles. The zero-order valence-corrected chi connectivity index (χ0v) is 5.98. The van der Waals surface area contributed by atoms with Crippen LogP contribution in [0.15, 0.2) is 0 Å². The van der Waals surface area contributed by atoms with Gasteiger partial charge in [0.1, 0.15) is 0 Å². The van der Waals surface area contributed by atoms with E-state index in [0.29, 0.717) is 0 Å². The fourth-order valence-electron chi connectivity index (χ4n) is 0.511. The van der Waals surface area contributed by atoms with Gasteiger partial charge in [0.05, 0.1) is 6.10 Å². The lowest BCUT2D eigenvalue weighted by Gasteiger charge is -2.16. The minimum absolute atomic E-state index is 0.244. The molecule has 0 radical (unpaired) electrons. The van der Waals surface area contributed by atoms with Crippen LogP contribution in [-0.4, -0.2) is 33.5 Å². The standard InChI is InChI=1S/C6H12O4/c1-3(2)4(7)5(8)6(9)10/h3-5,7-8H,1-2H3,(H,9,10)/t4?,5-/m0/s1. The maximum atomic E-state index is 10.0. The van der Waals surface area contributed by atoms with E-state index in [0.717, 1.165) is 0 Å². The molecule has 0 bridgehead atoms. The lowest BCUT2D eigenvalue weighted by molar-refractivity contribution is -0.154. The van der Waals surface area contributed by atoms with Crippen LogP contribution < -0.4 is 0 Å². The Kier molecular flexibility index (Phi) is 3.32. The molecule has 3 N–H and O–H groups in total. The molecule has 0 heterocycles. The third kappa shape index (κ3) is 2.33. The van der Waals surface area contributed by atoms with Gasteiger partial charge in [-0.1, -0.05) is 13.8 Å². The molecule has 4 heteroatoms. The Morgan fingerprint density at radius 3 is 1.80 bits per heavy atom. The van der Waals surface area contributed by atoms with E-state index in [1.165, 1.54) is 0 Å². The Hall–Kier alpha value is -0.610. The van der Waals surface area contributed by atoms with Gasteiger partial charge in [0.15, 0.2) is 6.10 Å². The van der Waals surface area contributed by atoms with Crippen LogP contribution in [-0.2, 0) is 4.79 Å². The summed E-state index contributed by atoms with van der Waals surface area (Å²) in [5.74, 6) is -1.63. The normalized spacial score (nSPS) is 16.9. The number of aliphatic hydroxyl groups is 2. The van der Waals surface area contributed by atoms with Gasteiger partial charge in [-0.2, -0.15) is 0 Å². The van der Waals surface area contributed by atoms with Gasteiger partial charge in [-0.05, 0) is 5.92 Å². The van der Waals surface area contributed by atoms with Crippen molar-refractivity contribution in [2.45, 2.75) is 26.1 Å². The Morgan fingerprint density at radius 1 is 1.30 bits per heavy atom. The molecule has 0 saturated heterocycles. The number of rotatable bonds is 3. The molecule has 0 saturated carbocycles. The molecule has 0 aliphatic rings. The quantitative estimate of drug-likeness (QED) is 0.501. The molecule has 0 spiro atoms. The highest BCUT2D eigenvalue weighted by Crippen LogP contribution is 2.05. The van der Waals surface area contributed by atoms with Gasteiger partial charge in [-0.25, -0.2) is 4.79 Å². The maximum absolute atomic E-state index is 10.0. The molecule has 0 rings (SSSR count). The fraction of sp³-hybridized carbons (Fsp3) is 0.833. The van der Waals surface area contributed by atoms with E-state index in [1.54, 1.807) is 13.8 Å². The molecule has 0 amide bonds.